The highest BCUT2D eigenvalue weighted by atomic mass is 19.4. The van der Waals surface area contributed by atoms with Crippen LogP contribution in [0.3, 0.4) is 0 Å². The molecule has 0 radical (unpaired) electrons. The van der Waals surface area contributed by atoms with Gasteiger partial charge in [-0.15, -0.1) is 0 Å². The molecule has 0 spiro atoms. The first-order chi connectivity index (χ1) is 7.01. The van der Waals surface area contributed by atoms with E-state index in [2.05, 4.69) is 11.8 Å². The summed E-state index contributed by atoms with van der Waals surface area (Å²) in [5, 5.41) is 0. The van der Waals surface area contributed by atoms with Gasteiger partial charge in [0.05, 0.1) is 0 Å². The minimum Gasteiger partial charge on any atom is -0.303 e. The van der Waals surface area contributed by atoms with Crippen molar-refractivity contribution < 1.29 is 13.2 Å². The Morgan fingerprint density at radius 2 is 1.73 bits per heavy atom. The molecule has 1 saturated heterocycles. The summed E-state index contributed by atoms with van der Waals surface area (Å²) in [7, 11) is 0. The normalized spacial score (nSPS) is 18.0. The maximum Gasteiger partial charge on any atom is 0.389 e. The maximum atomic E-state index is 11.9. The summed E-state index contributed by atoms with van der Waals surface area (Å²) < 4.78 is 35.7. The average Bonchev–Trinajstić information content (AvgIpc) is 2.10. The molecule has 0 aromatic heterocycles. The molecule has 0 amide bonds. The molecule has 0 atom stereocenters. The van der Waals surface area contributed by atoms with E-state index in [1.54, 1.807) is 0 Å². The van der Waals surface area contributed by atoms with Crippen LogP contribution in [0.5, 0.6) is 0 Å². The summed E-state index contributed by atoms with van der Waals surface area (Å²) in [6, 6.07) is 0. The predicted molar refractivity (Wildman–Crippen MR) is 56.9 cm³/mol. The molecule has 15 heavy (non-hydrogen) atoms. The van der Waals surface area contributed by atoms with Crippen LogP contribution in [0.25, 0.3) is 0 Å². The fraction of sp³-hybridized carbons (Fsp3) is 1.00. The van der Waals surface area contributed by atoms with Gasteiger partial charge in [0.25, 0.3) is 0 Å². The highest BCUT2D eigenvalue weighted by Gasteiger charge is 2.37. The Hall–Kier alpha value is -0.250. The molecule has 1 aliphatic heterocycles. The third kappa shape index (κ3) is 6.77. The van der Waals surface area contributed by atoms with Gasteiger partial charge in [0.2, 0.25) is 0 Å². The maximum absolute atomic E-state index is 11.9. The van der Waals surface area contributed by atoms with Crippen LogP contribution < -0.4 is 0 Å². The lowest BCUT2D eigenvalue weighted by atomic mass is 9.96. The Kier molecular flexibility index (Phi) is 6.98. The first-order valence-electron chi connectivity index (χ1n) is 5.80. The minimum atomic E-state index is -3.97. The first-order valence-corrected chi connectivity index (χ1v) is 5.80. The molecule has 1 aliphatic rings. The number of nitrogens with zero attached hydrogens (tertiary/aromatic N) is 1. The van der Waals surface area contributed by atoms with E-state index in [4.69, 9.17) is 0 Å². The summed E-state index contributed by atoms with van der Waals surface area (Å²) in [4.78, 5) is 2.10. The van der Waals surface area contributed by atoms with E-state index in [-0.39, 0.29) is 5.92 Å². The van der Waals surface area contributed by atoms with Crippen molar-refractivity contribution in [1.29, 1.82) is 0 Å². The lowest BCUT2D eigenvalue weighted by Gasteiger charge is -2.39. The number of alkyl halides is 3. The number of rotatable bonds is 4. The highest BCUT2D eigenvalue weighted by Crippen LogP contribution is 2.30. The summed E-state index contributed by atoms with van der Waals surface area (Å²) >= 11 is 0. The van der Waals surface area contributed by atoms with Crippen LogP contribution in [-0.2, 0) is 0 Å². The average molecular weight is 225 g/mol. The number of likely N-dealkylation sites (tertiary alicyclic amines) is 1. The number of unbranched alkanes of at least 4 members (excludes halogenated alkanes) is 1. The van der Waals surface area contributed by atoms with Crippen molar-refractivity contribution in [1.82, 2.24) is 4.90 Å². The second kappa shape index (κ2) is 7.09. The quantitative estimate of drug-likeness (QED) is 0.705. The zero-order valence-corrected chi connectivity index (χ0v) is 9.90. The molecule has 1 rings (SSSR count). The van der Waals surface area contributed by atoms with Gasteiger partial charge in [0, 0.05) is 19.5 Å². The van der Waals surface area contributed by atoms with Gasteiger partial charge in [0.15, 0.2) is 0 Å². The Morgan fingerprint density at radius 1 is 1.20 bits per heavy atom. The summed E-state index contributed by atoms with van der Waals surface area (Å²) in [6.45, 7) is 8.33. The molecule has 4 heteroatoms. The fourth-order valence-corrected chi connectivity index (χ4v) is 1.70. The van der Waals surface area contributed by atoms with Crippen LogP contribution in [0.15, 0.2) is 0 Å². The van der Waals surface area contributed by atoms with Gasteiger partial charge in [0.1, 0.15) is 0 Å². The minimum absolute atomic E-state index is 0.142. The molecule has 1 heterocycles. The van der Waals surface area contributed by atoms with Gasteiger partial charge in [-0.05, 0) is 18.9 Å². The van der Waals surface area contributed by atoms with Gasteiger partial charge in [-0.2, -0.15) is 13.2 Å². The van der Waals surface area contributed by atoms with Crippen molar-refractivity contribution in [3.8, 4) is 0 Å². The van der Waals surface area contributed by atoms with Crippen LogP contribution in [0.4, 0.5) is 13.2 Å². The monoisotopic (exact) mass is 225 g/mol. The van der Waals surface area contributed by atoms with Crippen LogP contribution in [0, 0.1) is 5.92 Å². The summed E-state index contributed by atoms with van der Waals surface area (Å²) in [5.41, 5.74) is 0. The Bertz CT molecular complexity index is 150. The molecule has 0 N–H and O–H groups in total. The van der Waals surface area contributed by atoms with Crippen molar-refractivity contribution in [2.24, 2.45) is 5.92 Å². The van der Waals surface area contributed by atoms with E-state index in [1.165, 1.54) is 0 Å². The molecule has 1 nitrogen and oxygen atoms in total. The molecule has 0 aromatic carbocycles. The van der Waals surface area contributed by atoms with Gasteiger partial charge in [-0.3, -0.25) is 0 Å². The number of halogens is 3. The summed E-state index contributed by atoms with van der Waals surface area (Å²) in [6.07, 6.45) is -2.36. The third-order valence-corrected chi connectivity index (χ3v) is 2.38. The smallest absolute Gasteiger partial charge is 0.303 e. The van der Waals surface area contributed by atoms with Crippen molar-refractivity contribution in [2.45, 2.75) is 46.2 Å². The number of hydrogen-bond donors (Lipinski definition) is 0. The van der Waals surface area contributed by atoms with Crippen LogP contribution in [0.1, 0.15) is 40.0 Å². The topological polar surface area (TPSA) is 3.24 Å². The van der Waals surface area contributed by atoms with Gasteiger partial charge < -0.3 is 4.90 Å². The predicted octanol–water partition coefficient (Wildman–Crippen LogP) is 3.70. The molecule has 0 unspecified atom stereocenters. The molecule has 0 saturated carbocycles. The Labute approximate surface area is 90.6 Å². The molecule has 1 fully saturated rings. The fourth-order valence-electron chi connectivity index (χ4n) is 1.70. The van der Waals surface area contributed by atoms with Gasteiger partial charge in [-0.25, -0.2) is 0 Å². The molecule has 0 aromatic rings. The van der Waals surface area contributed by atoms with Crippen molar-refractivity contribution >= 4 is 0 Å². The van der Waals surface area contributed by atoms with Crippen molar-refractivity contribution in [3.05, 3.63) is 0 Å². The van der Waals surface area contributed by atoms with Gasteiger partial charge in [-0.1, -0.05) is 27.2 Å². The SMILES string of the molecule is CC.CCCCN1CC(CC(F)(F)F)C1. The van der Waals surface area contributed by atoms with Crippen molar-refractivity contribution in [2.75, 3.05) is 19.6 Å². The lowest BCUT2D eigenvalue weighted by Crippen LogP contribution is -2.48. The molecular weight excluding hydrogens is 203 g/mol. The number of hydrogen-bond acceptors (Lipinski definition) is 1. The molecular formula is C11H22F3N. The molecule has 0 aliphatic carbocycles. The standard InChI is InChI=1S/C9H16F3N.C2H6/c1-2-3-4-13-6-8(7-13)5-9(10,11)12;1-2/h8H,2-7H2,1H3;1-2H3. The van der Waals surface area contributed by atoms with Crippen LogP contribution >= 0.6 is 0 Å². The lowest BCUT2D eigenvalue weighted by molar-refractivity contribution is -0.155. The second-order valence-electron chi connectivity index (χ2n) is 3.80. The highest BCUT2D eigenvalue weighted by molar-refractivity contribution is 4.81. The van der Waals surface area contributed by atoms with E-state index in [0.717, 1.165) is 19.4 Å². The first kappa shape index (κ1) is 14.8. The van der Waals surface area contributed by atoms with E-state index in [0.29, 0.717) is 13.1 Å². The second-order valence-corrected chi connectivity index (χ2v) is 3.80. The zero-order chi connectivity index (χ0) is 11.9. The van der Waals surface area contributed by atoms with Crippen LogP contribution in [0.2, 0.25) is 0 Å². The molecule has 0 bridgehead atoms. The third-order valence-electron chi connectivity index (χ3n) is 2.38. The zero-order valence-electron chi connectivity index (χ0n) is 9.90. The van der Waals surface area contributed by atoms with E-state index in [1.807, 2.05) is 13.8 Å². The van der Waals surface area contributed by atoms with Gasteiger partial charge >= 0.3 is 6.18 Å². The summed E-state index contributed by atoms with van der Waals surface area (Å²) in [5.74, 6) is -0.142. The van der Waals surface area contributed by atoms with Crippen LogP contribution in [-0.4, -0.2) is 30.7 Å². The largest absolute Gasteiger partial charge is 0.389 e. The van der Waals surface area contributed by atoms with E-state index in [9.17, 15) is 13.2 Å². The Morgan fingerprint density at radius 3 is 2.13 bits per heavy atom. The van der Waals surface area contributed by atoms with Crippen molar-refractivity contribution in [3.63, 3.8) is 0 Å². The van der Waals surface area contributed by atoms with E-state index >= 15 is 0 Å². The molecule has 92 valence electrons. The Balaban J connectivity index is 0.000000921. The van der Waals surface area contributed by atoms with E-state index < -0.39 is 12.6 Å².